The number of halogens is 1. The fourth-order valence-corrected chi connectivity index (χ4v) is 3.53. The number of amides is 4. The molecule has 2 saturated heterocycles. The first-order valence-corrected chi connectivity index (χ1v) is 7.84. The Kier molecular flexibility index (Phi) is 4.01. The minimum atomic E-state index is -0.519. The van der Waals surface area contributed by atoms with Crippen molar-refractivity contribution >= 4 is 29.4 Å². The maximum atomic E-state index is 12.6. The molecule has 3 heterocycles. The number of aromatic nitrogens is 2. The molecular weight excluding hydrogens is 322 g/mol. The molecule has 2 aliphatic rings. The molecule has 0 spiro atoms. The van der Waals surface area contributed by atoms with Crippen LogP contribution in [0.5, 0.6) is 0 Å². The molecule has 124 valence electrons. The van der Waals surface area contributed by atoms with E-state index >= 15 is 0 Å². The number of carbonyl (C=O) groups excluding carboxylic acids is 3. The molecule has 0 saturated carbocycles. The maximum Gasteiger partial charge on any atom is 0.325 e. The van der Waals surface area contributed by atoms with Gasteiger partial charge in [-0.3, -0.25) is 19.2 Å². The van der Waals surface area contributed by atoms with Crippen molar-refractivity contribution in [1.29, 1.82) is 0 Å². The second kappa shape index (κ2) is 5.84. The Labute approximate surface area is 138 Å². The van der Waals surface area contributed by atoms with Gasteiger partial charge in [-0.2, -0.15) is 5.10 Å². The van der Waals surface area contributed by atoms with Crippen molar-refractivity contribution in [3.05, 3.63) is 16.4 Å². The summed E-state index contributed by atoms with van der Waals surface area (Å²) in [5, 5.41) is 7.22. The second-order valence-electron chi connectivity index (χ2n) is 5.80. The van der Waals surface area contributed by atoms with Gasteiger partial charge in [0.2, 0.25) is 5.91 Å². The van der Waals surface area contributed by atoms with Crippen molar-refractivity contribution < 1.29 is 14.4 Å². The minimum absolute atomic E-state index is 0.0525. The quantitative estimate of drug-likeness (QED) is 0.817. The highest BCUT2D eigenvalue weighted by Crippen LogP contribution is 2.37. The first kappa shape index (κ1) is 15.8. The summed E-state index contributed by atoms with van der Waals surface area (Å²) in [6.07, 6.45) is 1.64. The Morgan fingerprint density at radius 2 is 2.17 bits per heavy atom. The van der Waals surface area contributed by atoms with Gasteiger partial charge in [0.1, 0.15) is 11.7 Å². The number of rotatable bonds is 3. The van der Waals surface area contributed by atoms with Crippen LogP contribution in [0.4, 0.5) is 4.79 Å². The molecule has 1 aromatic heterocycles. The summed E-state index contributed by atoms with van der Waals surface area (Å²) < 4.78 is 1.59. The largest absolute Gasteiger partial charge is 0.334 e. The lowest BCUT2D eigenvalue weighted by Crippen LogP contribution is -2.42. The zero-order valence-electron chi connectivity index (χ0n) is 13.0. The molecular formula is C14H18ClN5O3. The zero-order valence-corrected chi connectivity index (χ0v) is 13.8. The maximum absolute atomic E-state index is 12.6. The Morgan fingerprint density at radius 1 is 1.43 bits per heavy atom. The number of carbonyl (C=O) groups is 3. The van der Waals surface area contributed by atoms with Gasteiger partial charge in [0, 0.05) is 19.2 Å². The van der Waals surface area contributed by atoms with Crippen LogP contribution < -0.4 is 5.32 Å². The number of urea groups is 1. The molecule has 0 aromatic carbocycles. The summed E-state index contributed by atoms with van der Waals surface area (Å²) in [6.45, 7) is 2.15. The molecule has 0 radical (unpaired) electrons. The molecule has 0 aliphatic carbocycles. The zero-order chi connectivity index (χ0) is 16.7. The van der Waals surface area contributed by atoms with E-state index in [1.807, 2.05) is 6.92 Å². The monoisotopic (exact) mass is 339 g/mol. The minimum Gasteiger partial charge on any atom is -0.334 e. The van der Waals surface area contributed by atoms with Gasteiger partial charge in [-0.25, -0.2) is 4.79 Å². The number of hydrogen-bond acceptors (Lipinski definition) is 4. The number of likely N-dealkylation sites (tertiary alicyclic amines) is 1. The lowest BCUT2D eigenvalue weighted by molar-refractivity contribution is -0.137. The van der Waals surface area contributed by atoms with Crippen molar-refractivity contribution in [2.24, 2.45) is 7.05 Å². The van der Waals surface area contributed by atoms with Crippen LogP contribution in [-0.2, 0) is 16.6 Å². The second-order valence-corrected chi connectivity index (χ2v) is 6.16. The van der Waals surface area contributed by atoms with E-state index in [1.54, 1.807) is 16.6 Å². The summed E-state index contributed by atoms with van der Waals surface area (Å²) >= 11 is 6.31. The van der Waals surface area contributed by atoms with Gasteiger partial charge in [0.25, 0.3) is 5.91 Å². The number of nitrogens with one attached hydrogen (secondary N) is 1. The van der Waals surface area contributed by atoms with Crippen LogP contribution in [0.3, 0.4) is 0 Å². The van der Waals surface area contributed by atoms with Crippen LogP contribution >= 0.6 is 11.6 Å². The van der Waals surface area contributed by atoms with E-state index in [9.17, 15) is 14.4 Å². The van der Waals surface area contributed by atoms with Crippen LogP contribution in [0.25, 0.3) is 0 Å². The van der Waals surface area contributed by atoms with E-state index in [0.717, 1.165) is 29.0 Å². The van der Waals surface area contributed by atoms with Crippen LogP contribution in [0, 0.1) is 6.92 Å². The molecule has 2 fully saturated rings. The molecule has 9 heteroatoms. The SMILES string of the molecule is Cc1nn(C)c(Cl)c1[C@H]1CCCN1C(=O)CN1C(=O)CNC1=O. The Morgan fingerprint density at radius 3 is 2.74 bits per heavy atom. The smallest absolute Gasteiger partial charge is 0.325 e. The normalized spacial score (nSPS) is 21.3. The Bertz CT molecular complexity index is 670. The molecule has 3 rings (SSSR count). The van der Waals surface area contributed by atoms with E-state index < -0.39 is 6.03 Å². The summed E-state index contributed by atoms with van der Waals surface area (Å²) in [4.78, 5) is 38.5. The molecule has 4 amide bonds. The van der Waals surface area contributed by atoms with E-state index in [2.05, 4.69) is 10.4 Å². The van der Waals surface area contributed by atoms with E-state index in [1.165, 1.54) is 0 Å². The highest BCUT2D eigenvalue weighted by molar-refractivity contribution is 6.30. The van der Waals surface area contributed by atoms with Gasteiger partial charge >= 0.3 is 6.03 Å². The first-order chi connectivity index (χ1) is 10.9. The van der Waals surface area contributed by atoms with E-state index in [-0.39, 0.29) is 30.9 Å². The third kappa shape index (κ3) is 2.67. The lowest BCUT2D eigenvalue weighted by Gasteiger charge is -2.26. The Balaban J connectivity index is 1.80. The topological polar surface area (TPSA) is 87.5 Å². The number of nitrogens with zero attached hydrogens (tertiary/aromatic N) is 4. The van der Waals surface area contributed by atoms with Crippen LogP contribution in [0.1, 0.15) is 30.1 Å². The fraction of sp³-hybridized carbons (Fsp3) is 0.571. The predicted octanol–water partition coefficient (Wildman–Crippen LogP) is 0.597. The van der Waals surface area contributed by atoms with Crippen molar-refractivity contribution in [3.8, 4) is 0 Å². The lowest BCUT2D eigenvalue weighted by atomic mass is 10.1. The van der Waals surface area contributed by atoms with Gasteiger partial charge in [-0.15, -0.1) is 0 Å². The summed E-state index contributed by atoms with van der Waals surface area (Å²) in [5.74, 6) is -0.632. The molecule has 0 bridgehead atoms. The summed E-state index contributed by atoms with van der Waals surface area (Å²) in [6, 6.07) is -0.681. The number of hydrogen-bond donors (Lipinski definition) is 1. The average Bonchev–Trinajstić information content (AvgIpc) is 3.15. The average molecular weight is 340 g/mol. The van der Waals surface area contributed by atoms with Gasteiger partial charge in [0.05, 0.1) is 18.3 Å². The van der Waals surface area contributed by atoms with Crippen LogP contribution in [0.15, 0.2) is 0 Å². The summed E-state index contributed by atoms with van der Waals surface area (Å²) in [7, 11) is 1.76. The van der Waals surface area contributed by atoms with Crippen molar-refractivity contribution in [3.63, 3.8) is 0 Å². The fourth-order valence-electron chi connectivity index (χ4n) is 3.23. The van der Waals surface area contributed by atoms with Gasteiger partial charge < -0.3 is 10.2 Å². The molecule has 2 aliphatic heterocycles. The number of imide groups is 1. The predicted molar refractivity (Wildman–Crippen MR) is 81.8 cm³/mol. The first-order valence-electron chi connectivity index (χ1n) is 7.46. The van der Waals surface area contributed by atoms with Gasteiger partial charge in [0.15, 0.2) is 0 Å². The third-order valence-electron chi connectivity index (χ3n) is 4.33. The summed E-state index contributed by atoms with van der Waals surface area (Å²) in [5.41, 5.74) is 1.63. The van der Waals surface area contributed by atoms with Crippen LogP contribution in [0.2, 0.25) is 5.15 Å². The third-order valence-corrected chi connectivity index (χ3v) is 4.78. The molecule has 1 atom stereocenters. The standard InChI is InChI=1S/C14H18ClN5O3/c1-8-12(13(15)18(2)17-8)9-4-3-5-19(9)11(22)7-20-10(21)6-16-14(20)23/h9H,3-7H2,1-2H3,(H,16,23)/t9-/m1/s1. The van der Waals surface area contributed by atoms with Crippen molar-refractivity contribution in [2.45, 2.75) is 25.8 Å². The Hall–Kier alpha value is -2.09. The van der Waals surface area contributed by atoms with Crippen LogP contribution in [-0.4, -0.2) is 57.1 Å². The molecule has 0 unspecified atom stereocenters. The van der Waals surface area contributed by atoms with Gasteiger partial charge in [-0.05, 0) is 19.8 Å². The van der Waals surface area contributed by atoms with Crippen molar-refractivity contribution in [1.82, 2.24) is 24.9 Å². The molecule has 1 aromatic rings. The van der Waals surface area contributed by atoms with Crippen molar-refractivity contribution in [2.75, 3.05) is 19.6 Å². The highest BCUT2D eigenvalue weighted by Gasteiger charge is 2.37. The van der Waals surface area contributed by atoms with E-state index in [0.29, 0.717) is 11.7 Å². The highest BCUT2D eigenvalue weighted by atomic mass is 35.5. The molecule has 23 heavy (non-hydrogen) atoms. The molecule has 8 nitrogen and oxygen atoms in total. The number of aryl methyl sites for hydroxylation is 2. The molecule has 1 N–H and O–H groups in total. The van der Waals surface area contributed by atoms with Gasteiger partial charge in [-0.1, -0.05) is 11.6 Å². The van der Waals surface area contributed by atoms with E-state index in [4.69, 9.17) is 11.6 Å².